The molecule has 2 N–H and O–H groups in total. The molecule has 0 fully saturated rings. The lowest BCUT2D eigenvalue weighted by Gasteiger charge is -2.04. The van der Waals surface area contributed by atoms with Crippen LogP contribution < -0.4 is 5.73 Å². The van der Waals surface area contributed by atoms with Crippen molar-refractivity contribution in [1.82, 2.24) is 14.8 Å². The van der Waals surface area contributed by atoms with Crippen molar-refractivity contribution >= 4 is 23.0 Å². The van der Waals surface area contributed by atoms with Crippen molar-refractivity contribution in [1.29, 1.82) is 0 Å². The van der Waals surface area contributed by atoms with Crippen LogP contribution in [-0.4, -0.2) is 20.7 Å². The molecule has 0 unspecified atom stereocenters. The lowest BCUT2D eigenvalue weighted by Crippen LogP contribution is -2.07. The molecule has 3 rings (SSSR count). The van der Waals surface area contributed by atoms with Crippen molar-refractivity contribution in [3.05, 3.63) is 58.8 Å². The van der Waals surface area contributed by atoms with Crippen LogP contribution in [0.5, 0.6) is 0 Å². The first kappa shape index (κ1) is 13.3. The van der Waals surface area contributed by atoms with Crippen LogP contribution in [-0.2, 0) is 11.3 Å². The van der Waals surface area contributed by atoms with Gasteiger partial charge in [0.2, 0.25) is 0 Å². The molecule has 0 saturated carbocycles. The fourth-order valence-corrected chi connectivity index (χ4v) is 2.29. The molecule has 0 spiro atoms. The van der Waals surface area contributed by atoms with Crippen LogP contribution in [0.4, 0.5) is 5.69 Å². The summed E-state index contributed by atoms with van der Waals surface area (Å²) in [5, 5.41) is 4.19. The number of carbonyl (C=O) groups excluding carboxylic acids is 1. The molecule has 2 aromatic heterocycles. The fraction of sp³-hybridized carbons (Fsp3) is 0.0714. The summed E-state index contributed by atoms with van der Waals surface area (Å²) >= 11 is 1.43. The van der Waals surface area contributed by atoms with E-state index in [1.54, 1.807) is 34.7 Å². The summed E-state index contributed by atoms with van der Waals surface area (Å²) in [6.07, 6.45) is 3.34. The smallest absolute Gasteiger partial charge is 0.359 e. The van der Waals surface area contributed by atoms with E-state index in [1.165, 1.54) is 11.3 Å². The number of nitrogens with zero attached hydrogens (tertiary/aromatic N) is 3. The highest BCUT2D eigenvalue weighted by Gasteiger charge is 2.13. The first-order valence-corrected chi connectivity index (χ1v) is 7.07. The van der Waals surface area contributed by atoms with E-state index in [0.717, 1.165) is 10.6 Å². The third kappa shape index (κ3) is 2.92. The quantitative estimate of drug-likeness (QED) is 0.590. The Morgan fingerprint density at radius 3 is 2.95 bits per heavy atom. The second-order valence-corrected chi connectivity index (χ2v) is 5.22. The Kier molecular flexibility index (Phi) is 3.65. The molecule has 0 aliphatic carbocycles. The van der Waals surface area contributed by atoms with E-state index in [2.05, 4.69) is 10.1 Å². The minimum Gasteiger partial charge on any atom is -0.455 e. The molecular weight excluding hydrogens is 288 g/mol. The van der Waals surface area contributed by atoms with Crippen molar-refractivity contribution in [2.24, 2.45) is 0 Å². The normalized spacial score (nSPS) is 10.5. The molecule has 0 saturated heterocycles. The molecule has 0 aliphatic rings. The number of benzene rings is 1. The molecule has 0 atom stereocenters. The number of nitrogens with two attached hydrogens (primary N) is 1. The number of thiazole rings is 1. The zero-order valence-corrected chi connectivity index (χ0v) is 11.8. The Balaban J connectivity index is 1.73. The van der Waals surface area contributed by atoms with Crippen LogP contribution >= 0.6 is 11.3 Å². The number of hydrogen-bond donors (Lipinski definition) is 1. The Morgan fingerprint density at radius 1 is 1.33 bits per heavy atom. The van der Waals surface area contributed by atoms with Gasteiger partial charge in [0.1, 0.15) is 6.61 Å². The molecule has 0 aliphatic heterocycles. The average molecular weight is 300 g/mol. The van der Waals surface area contributed by atoms with Gasteiger partial charge in [0.25, 0.3) is 0 Å². The number of nitrogen functional groups attached to an aromatic ring is 1. The number of esters is 1. The van der Waals surface area contributed by atoms with Gasteiger partial charge in [-0.2, -0.15) is 5.10 Å². The number of anilines is 1. The van der Waals surface area contributed by atoms with E-state index in [9.17, 15) is 4.79 Å². The van der Waals surface area contributed by atoms with E-state index in [0.29, 0.717) is 5.69 Å². The van der Waals surface area contributed by atoms with Crippen molar-refractivity contribution in [3.63, 3.8) is 0 Å². The maximum Gasteiger partial charge on any atom is 0.359 e. The van der Waals surface area contributed by atoms with Gasteiger partial charge in [0.05, 0.1) is 21.8 Å². The number of hydrogen-bond acceptors (Lipinski definition) is 6. The summed E-state index contributed by atoms with van der Waals surface area (Å²) < 4.78 is 6.73. The third-order valence-corrected chi connectivity index (χ3v) is 3.56. The SMILES string of the molecule is Nc1ccccc1-n1ccc(C(=O)OCc2cncs2)n1. The van der Waals surface area contributed by atoms with Crippen LogP contribution in [0.2, 0.25) is 0 Å². The van der Waals surface area contributed by atoms with E-state index in [1.807, 2.05) is 18.2 Å². The molecule has 3 aromatic rings. The van der Waals surface area contributed by atoms with Crippen LogP contribution in [0.1, 0.15) is 15.4 Å². The molecule has 0 radical (unpaired) electrons. The van der Waals surface area contributed by atoms with Gasteiger partial charge in [-0.1, -0.05) is 12.1 Å². The summed E-state index contributed by atoms with van der Waals surface area (Å²) in [4.78, 5) is 16.7. The minimum absolute atomic E-state index is 0.198. The first-order valence-electron chi connectivity index (χ1n) is 6.19. The van der Waals surface area contributed by atoms with E-state index < -0.39 is 5.97 Å². The summed E-state index contributed by atoms with van der Waals surface area (Å²) in [5.41, 5.74) is 9.12. The Labute approximate surface area is 124 Å². The van der Waals surface area contributed by atoms with Gasteiger partial charge in [0.15, 0.2) is 5.69 Å². The van der Waals surface area contributed by atoms with Crippen molar-refractivity contribution in [2.45, 2.75) is 6.61 Å². The van der Waals surface area contributed by atoms with Crippen LogP contribution in [0.25, 0.3) is 5.69 Å². The second-order valence-electron chi connectivity index (χ2n) is 4.25. The van der Waals surface area contributed by atoms with Gasteiger partial charge in [-0.3, -0.25) is 4.98 Å². The largest absolute Gasteiger partial charge is 0.455 e. The minimum atomic E-state index is -0.475. The third-order valence-electron chi connectivity index (χ3n) is 2.81. The van der Waals surface area contributed by atoms with Gasteiger partial charge in [-0.05, 0) is 18.2 Å². The van der Waals surface area contributed by atoms with E-state index >= 15 is 0 Å². The standard InChI is InChI=1S/C14H12N4O2S/c15-11-3-1-2-4-13(11)18-6-5-12(17-18)14(19)20-8-10-7-16-9-21-10/h1-7,9H,8,15H2. The summed E-state index contributed by atoms with van der Waals surface area (Å²) in [6.45, 7) is 0.198. The van der Waals surface area contributed by atoms with Crippen molar-refractivity contribution in [2.75, 3.05) is 5.73 Å². The average Bonchev–Trinajstić information content (AvgIpc) is 3.17. The van der Waals surface area contributed by atoms with E-state index in [-0.39, 0.29) is 12.3 Å². The molecule has 6 nitrogen and oxygen atoms in total. The number of ether oxygens (including phenoxy) is 1. The first-order chi connectivity index (χ1) is 10.2. The van der Waals surface area contributed by atoms with Gasteiger partial charge < -0.3 is 10.5 Å². The predicted octanol–water partition coefficient (Wildman–Crippen LogP) is 2.27. The zero-order chi connectivity index (χ0) is 14.7. The maximum atomic E-state index is 11.9. The molecule has 1 aromatic carbocycles. The molecule has 2 heterocycles. The van der Waals surface area contributed by atoms with Crippen molar-refractivity contribution in [3.8, 4) is 5.69 Å². The molecule has 0 amide bonds. The number of aromatic nitrogens is 3. The van der Waals surface area contributed by atoms with Crippen molar-refractivity contribution < 1.29 is 9.53 Å². The highest BCUT2D eigenvalue weighted by atomic mass is 32.1. The van der Waals surface area contributed by atoms with Gasteiger partial charge in [-0.15, -0.1) is 11.3 Å². The molecule has 0 bridgehead atoms. The Morgan fingerprint density at radius 2 is 2.19 bits per heavy atom. The Hall–Kier alpha value is -2.67. The number of para-hydroxylation sites is 2. The summed E-state index contributed by atoms with van der Waals surface area (Å²) in [6, 6.07) is 8.90. The molecule has 7 heteroatoms. The summed E-state index contributed by atoms with van der Waals surface area (Å²) in [7, 11) is 0. The van der Waals surface area contributed by atoms with Gasteiger partial charge >= 0.3 is 5.97 Å². The highest BCUT2D eigenvalue weighted by molar-refractivity contribution is 7.09. The van der Waals surface area contributed by atoms with Crippen LogP contribution in [0.15, 0.2) is 48.2 Å². The summed E-state index contributed by atoms with van der Waals surface area (Å²) in [5.74, 6) is -0.475. The highest BCUT2D eigenvalue weighted by Crippen LogP contribution is 2.16. The number of carbonyl (C=O) groups is 1. The molecule has 106 valence electrons. The fourth-order valence-electron chi connectivity index (χ4n) is 1.79. The second kappa shape index (κ2) is 5.76. The molecule has 21 heavy (non-hydrogen) atoms. The topological polar surface area (TPSA) is 83.0 Å². The number of rotatable bonds is 4. The Bertz CT molecular complexity index is 752. The van der Waals surface area contributed by atoms with Crippen LogP contribution in [0, 0.1) is 0 Å². The van der Waals surface area contributed by atoms with Gasteiger partial charge in [-0.25, -0.2) is 9.48 Å². The van der Waals surface area contributed by atoms with Crippen LogP contribution in [0.3, 0.4) is 0 Å². The predicted molar refractivity (Wildman–Crippen MR) is 79.2 cm³/mol. The lowest BCUT2D eigenvalue weighted by atomic mass is 10.3. The van der Waals surface area contributed by atoms with Gasteiger partial charge in [0, 0.05) is 12.4 Å². The maximum absolute atomic E-state index is 11.9. The zero-order valence-electron chi connectivity index (χ0n) is 11.0. The molecular formula is C14H12N4O2S. The lowest BCUT2D eigenvalue weighted by molar-refractivity contribution is 0.0469. The van der Waals surface area contributed by atoms with E-state index in [4.69, 9.17) is 10.5 Å². The monoisotopic (exact) mass is 300 g/mol.